The summed E-state index contributed by atoms with van der Waals surface area (Å²) in [6.45, 7) is 11.9. The molecule has 3 nitrogen and oxygen atoms in total. The average molecular weight is 227 g/mol. The van der Waals surface area contributed by atoms with Crippen molar-refractivity contribution in [3.8, 4) is 0 Å². The van der Waals surface area contributed by atoms with E-state index in [9.17, 15) is 9.59 Å². The summed E-state index contributed by atoms with van der Waals surface area (Å²) in [7, 11) is 0. The normalized spacial score (nSPS) is 15.4. The van der Waals surface area contributed by atoms with Crippen molar-refractivity contribution in [2.75, 3.05) is 0 Å². The molecule has 3 heteroatoms. The Kier molecular flexibility index (Phi) is 5.17. The minimum atomic E-state index is -0.493. The smallest absolute Gasteiger partial charge is 0.233 e. The molecule has 0 fully saturated rings. The van der Waals surface area contributed by atoms with Gasteiger partial charge in [0.15, 0.2) is 0 Å². The van der Waals surface area contributed by atoms with Crippen molar-refractivity contribution in [2.45, 2.75) is 60.8 Å². The zero-order valence-corrected chi connectivity index (χ0v) is 11.4. The van der Waals surface area contributed by atoms with Gasteiger partial charge in [0.05, 0.1) is 5.41 Å². The molecule has 0 aliphatic rings. The third-order valence-corrected chi connectivity index (χ3v) is 4.16. The molecule has 0 aromatic rings. The Labute approximate surface area is 99.0 Å². The summed E-state index contributed by atoms with van der Waals surface area (Å²) in [6, 6.07) is 0. The predicted molar refractivity (Wildman–Crippen MR) is 65.9 cm³/mol. The molecular weight excluding hydrogens is 202 g/mol. The van der Waals surface area contributed by atoms with E-state index in [0.717, 1.165) is 12.8 Å². The molecule has 0 heterocycles. The van der Waals surface area contributed by atoms with Crippen LogP contribution < -0.4 is 5.32 Å². The van der Waals surface area contributed by atoms with E-state index >= 15 is 0 Å². The van der Waals surface area contributed by atoms with Crippen LogP contribution in [0.15, 0.2) is 0 Å². The van der Waals surface area contributed by atoms with E-state index in [4.69, 9.17) is 0 Å². The fourth-order valence-corrected chi connectivity index (χ4v) is 1.69. The van der Waals surface area contributed by atoms with Gasteiger partial charge in [-0.15, -0.1) is 0 Å². The molecule has 94 valence electrons. The molecule has 1 unspecified atom stereocenters. The molecule has 2 amide bonds. The van der Waals surface area contributed by atoms with E-state index in [0.29, 0.717) is 6.42 Å². The topological polar surface area (TPSA) is 46.2 Å². The van der Waals surface area contributed by atoms with Crippen molar-refractivity contribution < 1.29 is 9.59 Å². The molecule has 0 aromatic heterocycles. The Hall–Kier alpha value is -0.860. The van der Waals surface area contributed by atoms with Gasteiger partial charge in [-0.1, -0.05) is 41.5 Å². The average Bonchev–Trinajstić information content (AvgIpc) is 2.27. The second kappa shape index (κ2) is 5.46. The second-order valence-corrected chi connectivity index (χ2v) is 5.15. The van der Waals surface area contributed by atoms with Gasteiger partial charge in [0.2, 0.25) is 11.8 Å². The molecule has 0 radical (unpaired) electrons. The summed E-state index contributed by atoms with van der Waals surface area (Å²) >= 11 is 0. The highest BCUT2D eigenvalue weighted by molar-refractivity contribution is 5.98. The maximum Gasteiger partial charge on any atom is 0.233 e. The standard InChI is InChI=1S/C13H25NO2/c1-7-10(15)14-11(16)13(6,9-3)12(4,5)8-2/h7-9H2,1-6H3,(H,14,15,16). The van der Waals surface area contributed by atoms with Crippen molar-refractivity contribution in [2.24, 2.45) is 10.8 Å². The van der Waals surface area contributed by atoms with Crippen molar-refractivity contribution in [3.63, 3.8) is 0 Å². The quantitative estimate of drug-likeness (QED) is 0.785. The Morgan fingerprint density at radius 3 is 1.81 bits per heavy atom. The number of carbonyl (C=O) groups excluding carboxylic acids is 2. The van der Waals surface area contributed by atoms with Crippen LogP contribution in [-0.2, 0) is 9.59 Å². The molecule has 0 aromatic carbocycles. The van der Waals surface area contributed by atoms with Gasteiger partial charge in [0.1, 0.15) is 0 Å². The van der Waals surface area contributed by atoms with Gasteiger partial charge in [0, 0.05) is 6.42 Å². The third-order valence-electron chi connectivity index (χ3n) is 4.16. The lowest BCUT2D eigenvalue weighted by Crippen LogP contribution is -2.49. The maximum absolute atomic E-state index is 12.1. The van der Waals surface area contributed by atoms with E-state index in [1.54, 1.807) is 6.92 Å². The first-order valence-corrected chi connectivity index (χ1v) is 6.09. The van der Waals surface area contributed by atoms with Crippen LogP contribution in [0.4, 0.5) is 0 Å². The highest BCUT2D eigenvalue weighted by Gasteiger charge is 2.44. The minimum Gasteiger partial charge on any atom is -0.296 e. The van der Waals surface area contributed by atoms with E-state index in [-0.39, 0.29) is 17.2 Å². The van der Waals surface area contributed by atoms with Crippen molar-refractivity contribution in [1.82, 2.24) is 5.32 Å². The summed E-state index contributed by atoms with van der Waals surface area (Å²) in [6.07, 6.45) is 1.99. The lowest BCUT2D eigenvalue weighted by atomic mass is 9.63. The monoisotopic (exact) mass is 227 g/mol. The highest BCUT2D eigenvalue weighted by Crippen LogP contribution is 2.44. The zero-order valence-electron chi connectivity index (χ0n) is 11.4. The molecule has 0 saturated carbocycles. The number of hydrogen-bond acceptors (Lipinski definition) is 2. The zero-order chi connectivity index (χ0) is 13.0. The number of hydrogen-bond donors (Lipinski definition) is 1. The van der Waals surface area contributed by atoms with Gasteiger partial charge in [-0.3, -0.25) is 14.9 Å². The molecule has 16 heavy (non-hydrogen) atoms. The first-order chi connectivity index (χ1) is 7.25. The van der Waals surface area contributed by atoms with Crippen LogP contribution in [0.2, 0.25) is 0 Å². The summed E-state index contributed by atoms with van der Waals surface area (Å²) in [4.78, 5) is 23.4. The van der Waals surface area contributed by atoms with Gasteiger partial charge in [-0.2, -0.15) is 0 Å². The second-order valence-electron chi connectivity index (χ2n) is 5.15. The van der Waals surface area contributed by atoms with Crippen molar-refractivity contribution in [3.05, 3.63) is 0 Å². The summed E-state index contributed by atoms with van der Waals surface area (Å²) < 4.78 is 0. The number of nitrogens with one attached hydrogen (secondary N) is 1. The molecule has 1 atom stereocenters. The summed E-state index contributed by atoms with van der Waals surface area (Å²) in [5.74, 6) is -0.342. The molecule has 0 saturated heterocycles. The maximum atomic E-state index is 12.1. The number of rotatable bonds is 5. The van der Waals surface area contributed by atoms with Crippen LogP contribution >= 0.6 is 0 Å². The fraction of sp³-hybridized carbons (Fsp3) is 0.846. The lowest BCUT2D eigenvalue weighted by molar-refractivity contribution is -0.142. The van der Waals surface area contributed by atoms with E-state index in [2.05, 4.69) is 26.1 Å². The first kappa shape index (κ1) is 15.1. The fourth-order valence-electron chi connectivity index (χ4n) is 1.69. The van der Waals surface area contributed by atoms with Crippen LogP contribution in [0.5, 0.6) is 0 Å². The van der Waals surface area contributed by atoms with Gasteiger partial charge < -0.3 is 0 Å². The van der Waals surface area contributed by atoms with Crippen LogP contribution in [-0.4, -0.2) is 11.8 Å². The van der Waals surface area contributed by atoms with Crippen molar-refractivity contribution in [1.29, 1.82) is 0 Å². The number of carbonyl (C=O) groups is 2. The molecule has 1 N–H and O–H groups in total. The van der Waals surface area contributed by atoms with E-state index in [1.807, 2.05) is 13.8 Å². The van der Waals surface area contributed by atoms with E-state index in [1.165, 1.54) is 0 Å². The Balaban J connectivity index is 4.97. The largest absolute Gasteiger partial charge is 0.296 e. The van der Waals surface area contributed by atoms with Crippen LogP contribution in [0, 0.1) is 10.8 Å². The highest BCUT2D eigenvalue weighted by atomic mass is 16.2. The first-order valence-electron chi connectivity index (χ1n) is 6.09. The lowest BCUT2D eigenvalue weighted by Gasteiger charge is -2.41. The van der Waals surface area contributed by atoms with Crippen LogP contribution in [0.1, 0.15) is 60.8 Å². The Morgan fingerprint density at radius 2 is 1.50 bits per heavy atom. The molecule has 0 aliphatic carbocycles. The third kappa shape index (κ3) is 2.83. The van der Waals surface area contributed by atoms with Gasteiger partial charge in [-0.05, 0) is 18.3 Å². The summed E-state index contributed by atoms with van der Waals surface area (Å²) in [5.41, 5.74) is -0.605. The molecule has 0 rings (SSSR count). The van der Waals surface area contributed by atoms with E-state index < -0.39 is 5.41 Å². The molecular formula is C13H25NO2. The molecule has 0 bridgehead atoms. The minimum absolute atomic E-state index is 0.111. The van der Waals surface area contributed by atoms with Gasteiger partial charge >= 0.3 is 0 Å². The Bertz CT molecular complexity index is 271. The predicted octanol–water partition coefficient (Wildman–Crippen LogP) is 2.89. The number of amides is 2. The Morgan fingerprint density at radius 1 is 1.00 bits per heavy atom. The number of imide groups is 1. The van der Waals surface area contributed by atoms with Gasteiger partial charge in [-0.25, -0.2) is 0 Å². The molecule has 0 spiro atoms. The van der Waals surface area contributed by atoms with Crippen LogP contribution in [0.3, 0.4) is 0 Å². The molecule has 0 aliphatic heterocycles. The summed E-state index contributed by atoms with van der Waals surface area (Å²) in [5, 5.41) is 2.48. The SMILES string of the molecule is CCC(=O)NC(=O)C(C)(CC)C(C)(C)CC. The van der Waals surface area contributed by atoms with Gasteiger partial charge in [0.25, 0.3) is 0 Å². The van der Waals surface area contributed by atoms with Crippen LogP contribution in [0.25, 0.3) is 0 Å². The van der Waals surface area contributed by atoms with Crippen molar-refractivity contribution >= 4 is 11.8 Å².